The standard InChI is InChI=1S/C16H17N3O3/c1-12(13-6-8-14(22-2)9-7-13)17-18-15(20)11-19-10-4-3-5-16(19)21/h3-10H,11H2,1-2H3,(H,18,20)/b17-12-. The number of nitrogens with one attached hydrogen (secondary N) is 1. The molecule has 0 bridgehead atoms. The number of aromatic nitrogens is 1. The van der Waals surface area contributed by atoms with E-state index in [2.05, 4.69) is 10.5 Å². The van der Waals surface area contributed by atoms with Crippen LogP contribution in [0.25, 0.3) is 0 Å². The minimum atomic E-state index is -0.360. The minimum absolute atomic E-state index is 0.0704. The van der Waals surface area contributed by atoms with Crippen LogP contribution in [0.3, 0.4) is 0 Å². The Bertz CT molecular complexity index is 733. The van der Waals surface area contributed by atoms with Crippen molar-refractivity contribution in [2.24, 2.45) is 5.10 Å². The van der Waals surface area contributed by atoms with Gasteiger partial charge in [0.05, 0.1) is 12.8 Å². The molecule has 1 amide bonds. The summed E-state index contributed by atoms with van der Waals surface area (Å²) in [7, 11) is 1.60. The summed E-state index contributed by atoms with van der Waals surface area (Å²) in [5.74, 6) is 0.394. The Balaban J connectivity index is 1.99. The summed E-state index contributed by atoms with van der Waals surface area (Å²) in [5.41, 5.74) is 3.75. The van der Waals surface area contributed by atoms with Crippen LogP contribution in [0.2, 0.25) is 0 Å². The van der Waals surface area contributed by atoms with Crippen LogP contribution >= 0.6 is 0 Å². The molecule has 0 spiro atoms. The van der Waals surface area contributed by atoms with E-state index in [4.69, 9.17) is 4.74 Å². The number of methoxy groups -OCH3 is 1. The number of carbonyl (C=O) groups excluding carboxylic acids is 1. The van der Waals surface area contributed by atoms with Crippen LogP contribution in [0.15, 0.2) is 58.6 Å². The number of carbonyl (C=O) groups is 1. The van der Waals surface area contributed by atoms with Gasteiger partial charge in [0.15, 0.2) is 0 Å². The Hall–Kier alpha value is -2.89. The van der Waals surface area contributed by atoms with Gasteiger partial charge >= 0.3 is 0 Å². The van der Waals surface area contributed by atoms with Crippen molar-refractivity contribution in [2.75, 3.05) is 7.11 Å². The molecular weight excluding hydrogens is 282 g/mol. The molecule has 0 fully saturated rings. The SMILES string of the molecule is COc1ccc(/C(C)=N\NC(=O)Cn2ccccc2=O)cc1. The highest BCUT2D eigenvalue weighted by Crippen LogP contribution is 2.11. The number of rotatable bonds is 5. The summed E-state index contributed by atoms with van der Waals surface area (Å²) in [6.07, 6.45) is 1.56. The molecule has 0 aliphatic heterocycles. The fourth-order valence-electron chi connectivity index (χ4n) is 1.82. The Morgan fingerprint density at radius 3 is 2.59 bits per heavy atom. The lowest BCUT2D eigenvalue weighted by molar-refractivity contribution is -0.121. The van der Waals surface area contributed by atoms with Crippen LogP contribution in [-0.4, -0.2) is 23.3 Å². The number of nitrogens with zero attached hydrogens (tertiary/aromatic N) is 2. The first-order chi connectivity index (χ1) is 10.6. The highest BCUT2D eigenvalue weighted by molar-refractivity contribution is 5.99. The summed E-state index contributed by atoms with van der Waals surface area (Å²) in [4.78, 5) is 23.3. The van der Waals surface area contributed by atoms with E-state index in [-0.39, 0.29) is 18.0 Å². The summed E-state index contributed by atoms with van der Waals surface area (Å²) < 4.78 is 6.40. The minimum Gasteiger partial charge on any atom is -0.497 e. The summed E-state index contributed by atoms with van der Waals surface area (Å²) in [6, 6.07) is 12.1. The van der Waals surface area contributed by atoms with Crippen LogP contribution in [0, 0.1) is 0 Å². The lowest BCUT2D eigenvalue weighted by Gasteiger charge is -2.05. The van der Waals surface area contributed by atoms with Crippen LogP contribution < -0.4 is 15.7 Å². The lowest BCUT2D eigenvalue weighted by Crippen LogP contribution is -2.29. The van der Waals surface area contributed by atoms with E-state index < -0.39 is 0 Å². The van der Waals surface area contributed by atoms with Gasteiger partial charge in [-0.05, 0) is 42.8 Å². The Kier molecular flexibility index (Phi) is 5.08. The van der Waals surface area contributed by atoms with Gasteiger partial charge in [0.2, 0.25) is 0 Å². The Morgan fingerprint density at radius 1 is 1.23 bits per heavy atom. The molecule has 0 aliphatic rings. The highest BCUT2D eigenvalue weighted by atomic mass is 16.5. The third-order valence-corrected chi connectivity index (χ3v) is 3.07. The molecule has 1 aromatic carbocycles. The zero-order valence-electron chi connectivity index (χ0n) is 12.4. The molecule has 1 aromatic heterocycles. The monoisotopic (exact) mass is 299 g/mol. The number of ether oxygens (including phenoxy) is 1. The third-order valence-electron chi connectivity index (χ3n) is 3.07. The van der Waals surface area contributed by atoms with Crippen molar-refractivity contribution in [3.63, 3.8) is 0 Å². The third kappa shape index (κ3) is 4.05. The first kappa shape index (κ1) is 15.5. The molecule has 6 nitrogen and oxygen atoms in total. The molecule has 0 aliphatic carbocycles. The quantitative estimate of drug-likeness (QED) is 0.670. The maximum absolute atomic E-state index is 11.8. The molecule has 114 valence electrons. The maximum atomic E-state index is 11.8. The largest absolute Gasteiger partial charge is 0.497 e. The zero-order chi connectivity index (χ0) is 15.9. The smallest absolute Gasteiger partial charge is 0.260 e. The number of benzene rings is 1. The van der Waals surface area contributed by atoms with Crippen LogP contribution in [0.1, 0.15) is 12.5 Å². The number of hydrazone groups is 1. The number of amides is 1. The fourth-order valence-corrected chi connectivity index (χ4v) is 1.82. The van der Waals surface area contributed by atoms with Gasteiger partial charge in [-0.1, -0.05) is 6.07 Å². The first-order valence-corrected chi connectivity index (χ1v) is 6.73. The molecule has 2 rings (SSSR count). The zero-order valence-corrected chi connectivity index (χ0v) is 12.4. The van der Waals surface area contributed by atoms with E-state index in [9.17, 15) is 9.59 Å². The molecule has 0 atom stereocenters. The molecule has 1 N–H and O–H groups in total. The summed E-state index contributed by atoms with van der Waals surface area (Å²) in [6.45, 7) is 1.72. The van der Waals surface area contributed by atoms with Gasteiger partial charge in [0.1, 0.15) is 12.3 Å². The first-order valence-electron chi connectivity index (χ1n) is 6.73. The molecule has 1 heterocycles. The van der Waals surface area contributed by atoms with Crippen molar-refractivity contribution in [3.8, 4) is 5.75 Å². The van der Waals surface area contributed by atoms with E-state index in [0.29, 0.717) is 5.71 Å². The molecule has 0 saturated carbocycles. The van der Waals surface area contributed by atoms with Crippen LogP contribution in [0.4, 0.5) is 0 Å². The van der Waals surface area contributed by atoms with Gasteiger partial charge in [-0.25, -0.2) is 5.43 Å². The second-order valence-corrected chi connectivity index (χ2v) is 4.63. The van der Waals surface area contributed by atoms with Gasteiger partial charge < -0.3 is 9.30 Å². The molecule has 0 radical (unpaired) electrons. The second-order valence-electron chi connectivity index (χ2n) is 4.63. The van der Waals surface area contributed by atoms with E-state index in [1.54, 1.807) is 32.4 Å². The average Bonchev–Trinajstić information content (AvgIpc) is 2.55. The predicted molar refractivity (Wildman–Crippen MR) is 84.0 cm³/mol. The topological polar surface area (TPSA) is 72.7 Å². The van der Waals surface area contributed by atoms with Crippen LogP contribution in [0.5, 0.6) is 5.75 Å². The van der Waals surface area contributed by atoms with Gasteiger partial charge in [-0.3, -0.25) is 9.59 Å². The fraction of sp³-hybridized carbons (Fsp3) is 0.188. The average molecular weight is 299 g/mol. The molecule has 0 unspecified atom stereocenters. The van der Waals surface area contributed by atoms with Crippen molar-refractivity contribution in [1.82, 2.24) is 9.99 Å². The molecule has 22 heavy (non-hydrogen) atoms. The predicted octanol–water partition coefficient (Wildman–Crippen LogP) is 1.40. The molecule has 0 saturated heterocycles. The molecule has 6 heteroatoms. The van der Waals surface area contributed by atoms with E-state index >= 15 is 0 Å². The van der Waals surface area contributed by atoms with Gasteiger partial charge in [0, 0.05) is 12.3 Å². The molecule has 2 aromatic rings. The number of hydrogen-bond acceptors (Lipinski definition) is 4. The van der Waals surface area contributed by atoms with Crippen molar-refractivity contribution in [3.05, 3.63) is 64.6 Å². The van der Waals surface area contributed by atoms with E-state index in [0.717, 1.165) is 11.3 Å². The highest BCUT2D eigenvalue weighted by Gasteiger charge is 2.04. The van der Waals surface area contributed by atoms with E-state index in [1.807, 2.05) is 24.3 Å². The van der Waals surface area contributed by atoms with Gasteiger partial charge in [-0.2, -0.15) is 5.10 Å². The summed E-state index contributed by atoms with van der Waals surface area (Å²) in [5, 5.41) is 4.04. The molecular formula is C16H17N3O3. The van der Waals surface area contributed by atoms with Crippen molar-refractivity contribution in [1.29, 1.82) is 0 Å². The van der Waals surface area contributed by atoms with Crippen LogP contribution in [-0.2, 0) is 11.3 Å². The van der Waals surface area contributed by atoms with Gasteiger partial charge in [-0.15, -0.1) is 0 Å². The van der Waals surface area contributed by atoms with E-state index in [1.165, 1.54) is 10.6 Å². The Morgan fingerprint density at radius 2 is 1.95 bits per heavy atom. The second kappa shape index (κ2) is 7.21. The van der Waals surface area contributed by atoms with Crippen molar-refractivity contribution in [2.45, 2.75) is 13.5 Å². The van der Waals surface area contributed by atoms with Gasteiger partial charge in [0.25, 0.3) is 11.5 Å². The van der Waals surface area contributed by atoms with Crippen molar-refractivity contribution < 1.29 is 9.53 Å². The van der Waals surface area contributed by atoms with Crippen molar-refractivity contribution >= 4 is 11.6 Å². The normalized spacial score (nSPS) is 11.1. The number of pyridine rings is 1. The Labute approximate surface area is 128 Å². The lowest BCUT2D eigenvalue weighted by atomic mass is 10.1. The number of hydrogen-bond donors (Lipinski definition) is 1. The maximum Gasteiger partial charge on any atom is 0.260 e. The summed E-state index contributed by atoms with van der Waals surface area (Å²) >= 11 is 0.